The van der Waals surface area contributed by atoms with E-state index in [0.717, 1.165) is 11.9 Å². The third-order valence-electron chi connectivity index (χ3n) is 4.85. The lowest BCUT2D eigenvalue weighted by Crippen LogP contribution is -1.93. The van der Waals surface area contributed by atoms with Gasteiger partial charge in [-0.2, -0.15) is 0 Å². The molecule has 2 heterocycles. The number of aromatic nitrogens is 2. The van der Waals surface area contributed by atoms with Gasteiger partial charge in [0.05, 0.1) is 11.2 Å². The molecule has 1 saturated carbocycles. The molecule has 5 rings (SSSR count). The highest BCUT2D eigenvalue weighted by atomic mass is 14.8. The van der Waals surface area contributed by atoms with E-state index in [1.54, 1.807) is 0 Å². The maximum Gasteiger partial charge on any atom is 0.0705 e. The van der Waals surface area contributed by atoms with E-state index in [2.05, 4.69) is 71.7 Å². The minimum absolute atomic E-state index is 0.495. The fourth-order valence-corrected chi connectivity index (χ4v) is 3.55. The van der Waals surface area contributed by atoms with Gasteiger partial charge in [-0.15, -0.1) is 0 Å². The second kappa shape index (κ2) is 4.88. The van der Waals surface area contributed by atoms with E-state index in [9.17, 15) is 0 Å². The predicted molar refractivity (Wildman–Crippen MR) is 93.6 cm³/mol. The lowest BCUT2D eigenvalue weighted by Gasteiger charge is -2.06. The Labute approximate surface area is 134 Å². The number of fused-ring (bicyclic) bond motifs is 2. The smallest absolute Gasteiger partial charge is 0.0705 e. The highest BCUT2D eigenvalue weighted by Crippen LogP contribution is 2.54. The van der Waals surface area contributed by atoms with Gasteiger partial charge in [-0.3, -0.25) is 9.97 Å². The van der Waals surface area contributed by atoms with Gasteiger partial charge in [0.2, 0.25) is 0 Å². The molecule has 0 saturated heterocycles. The number of hydrogen-bond acceptors (Lipinski definition) is 2. The van der Waals surface area contributed by atoms with Gasteiger partial charge in [-0.05, 0) is 30.0 Å². The van der Waals surface area contributed by atoms with E-state index in [0.29, 0.717) is 11.8 Å². The number of para-hydroxylation sites is 1. The highest BCUT2D eigenvalue weighted by Gasteiger charge is 2.42. The summed E-state index contributed by atoms with van der Waals surface area (Å²) in [4.78, 5) is 9.54. The fourth-order valence-electron chi connectivity index (χ4n) is 3.55. The van der Waals surface area contributed by atoms with Gasteiger partial charge < -0.3 is 0 Å². The van der Waals surface area contributed by atoms with Crippen molar-refractivity contribution in [3.8, 4) is 0 Å². The summed E-state index contributed by atoms with van der Waals surface area (Å²) in [5.74, 6) is 0.993. The molecule has 4 aromatic rings. The van der Waals surface area contributed by atoms with E-state index >= 15 is 0 Å². The molecule has 2 heteroatoms. The Hall–Kier alpha value is -2.74. The summed E-state index contributed by atoms with van der Waals surface area (Å²) in [6.07, 6.45) is 3.08. The first-order chi connectivity index (χ1) is 11.4. The molecule has 1 fully saturated rings. The summed E-state index contributed by atoms with van der Waals surface area (Å²) in [7, 11) is 0. The van der Waals surface area contributed by atoms with Crippen molar-refractivity contribution in [2.24, 2.45) is 0 Å². The van der Waals surface area contributed by atoms with Crippen molar-refractivity contribution in [2.75, 3.05) is 0 Å². The van der Waals surface area contributed by atoms with Gasteiger partial charge in [0.1, 0.15) is 0 Å². The molecule has 0 aliphatic heterocycles. The Balaban J connectivity index is 1.54. The van der Waals surface area contributed by atoms with Crippen molar-refractivity contribution in [1.82, 2.24) is 9.97 Å². The van der Waals surface area contributed by atoms with Crippen LogP contribution < -0.4 is 0 Å². The molecule has 0 spiro atoms. The molecular weight excluding hydrogens is 280 g/mol. The molecule has 2 aromatic carbocycles. The molecule has 2 unspecified atom stereocenters. The van der Waals surface area contributed by atoms with E-state index < -0.39 is 0 Å². The Morgan fingerprint density at radius 3 is 2.52 bits per heavy atom. The topological polar surface area (TPSA) is 25.8 Å². The van der Waals surface area contributed by atoms with Crippen LogP contribution in [-0.2, 0) is 0 Å². The molecule has 0 N–H and O–H groups in total. The zero-order valence-corrected chi connectivity index (χ0v) is 12.7. The van der Waals surface area contributed by atoms with Crippen LogP contribution in [0.3, 0.4) is 0 Å². The quantitative estimate of drug-likeness (QED) is 0.517. The number of rotatable bonds is 2. The second-order valence-electron chi connectivity index (χ2n) is 6.29. The zero-order chi connectivity index (χ0) is 15.2. The monoisotopic (exact) mass is 296 g/mol. The van der Waals surface area contributed by atoms with Gasteiger partial charge in [0, 0.05) is 34.5 Å². The van der Waals surface area contributed by atoms with E-state index in [4.69, 9.17) is 4.98 Å². The summed E-state index contributed by atoms with van der Waals surface area (Å²) >= 11 is 0. The molecule has 23 heavy (non-hydrogen) atoms. The van der Waals surface area contributed by atoms with Crippen molar-refractivity contribution < 1.29 is 0 Å². The summed E-state index contributed by atoms with van der Waals surface area (Å²) < 4.78 is 0. The van der Waals surface area contributed by atoms with Crippen LogP contribution in [0.2, 0.25) is 0 Å². The number of nitrogens with zero attached hydrogens (tertiary/aromatic N) is 2. The first kappa shape index (κ1) is 12.8. The molecular formula is C21H16N2. The summed E-state index contributed by atoms with van der Waals surface area (Å²) in [5.41, 5.74) is 3.51. The van der Waals surface area contributed by atoms with E-state index in [-0.39, 0.29) is 0 Å². The summed E-state index contributed by atoms with van der Waals surface area (Å²) in [5, 5.41) is 3.76. The molecule has 110 valence electrons. The van der Waals surface area contributed by atoms with Crippen LogP contribution in [0.15, 0.2) is 72.9 Å². The molecule has 2 aromatic heterocycles. The second-order valence-corrected chi connectivity index (χ2v) is 6.29. The number of hydrogen-bond donors (Lipinski definition) is 0. The third kappa shape index (κ3) is 2.10. The molecule has 2 atom stereocenters. The van der Waals surface area contributed by atoms with Crippen molar-refractivity contribution in [3.05, 3.63) is 84.3 Å². The van der Waals surface area contributed by atoms with Gasteiger partial charge in [0.15, 0.2) is 0 Å². The number of benzene rings is 2. The molecule has 1 aliphatic rings. The first-order valence-corrected chi connectivity index (χ1v) is 8.09. The Morgan fingerprint density at radius 2 is 1.57 bits per heavy atom. The summed E-state index contributed by atoms with van der Waals surface area (Å²) in [6, 6.07) is 23.3. The minimum Gasteiger partial charge on any atom is -0.260 e. The van der Waals surface area contributed by atoms with Crippen LogP contribution in [-0.4, -0.2) is 9.97 Å². The lowest BCUT2D eigenvalue weighted by atomic mass is 10.1. The van der Waals surface area contributed by atoms with Crippen LogP contribution >= 0.6 is 0 Å². The van der Waals surface area contributed by atoms with Crippen LogP contribution in [0.4, 0.5) is 0 Å². The summed E-state index contributed by atoms with van der Waals surface area (Å²) in [6.45, 7) is 0. The molecule has 0 bridgehead atoms. The first-order valence-electron chi connectivity index (χ1n) is 8.09. The van der Waals surface area contributed by atoms with Crippen molar-refractivity contribution in [3.63, 3.8) is 0 Å². The van der Waals surface area contributed by atoms with E-state index in [1.807, 2.05) is 6.20 Å². The maximum absolute atomic E-state index is 4.87. The fraction of sp³-hybridized carbons (Fsp3) is 0.143. The van der Waals surface area contributed by atoms with Crippen LogP contribution in [0.5, 0.6) is 0 Å². The third-order valence-corrected chi connectivity index (χ3v) is 4.85. The highest BCUT2D eigenvalue weighted by molar-refractivity contribution is 5.85. The van der Waals surface area contributed by atoms with Crippen LogP contribution in [0, 0.1) is 0 Å². The lowest BCUT2D eigenvalue weighted by molar-refractivity contribution is 0.951. The Morgan fingerprint density at radius 1 is 0.739 bits per heavy atom. The van der Waals surface area contributed by atoms with Crippen LogP contribution in [0.25, 0.3) is 21.7 Å². The molecule has 1 aliphatic carbocycles. The predicted octanol–water partition coefficient (Wildman–Crippen LogP) is 5.05. The standard InChI is InChI=1S/C21H16N2/c1-3-7-16-14(5-1)11-12-22-21(16)18-13-17(18)20-10-9-15-6-2-4-8-19(15)23-20/h1-12,17-18H,13H2. The van der Waals surface area contributed by atoms with Gasteiger partial charge in [-0.1, -0.05) is 48.5 Å². The van der Waals surface area contributed by atoms with Crippen molar-refractivity contribution in [2.45, 2.75) is 18.3 Å². The average Bonchev–Trinajstić information content (AvgIpc) is 3.41. The SMILES string of the molecule is c1ccc2nc(C3CC3c3nccc4ccccc34)ccc2c1. The Bertz CT molecular complexity index is 1020. The normalized spacial score (nSPS) is 20.0. The van der Waals surface area contributed by atoms with Crippen molar-refractivity contribution in [1.29, 1.82) is 0 Å². The van der Waals surface area contributed by atoms with E-state index in [1.165, 1.54) is 27.5 Å². The van der Waals surface area contributed by atoms with Gasteiger partial charge in [0.25, 0.3) is 0 Å². The molecule has 0 amide bonds. The number of pyridine rings is 2. The van der Waals surface area contributed by atoms with Gasteiger partial charge in [-0.25, -0.2) is 0 Å². The zero-order valence-electron chi connectivity index (χ0n) is 12.7. The molecule has 0 radical (unpaired) electrons. The average molecular weight is 296 g/mol. The Kier molecular flexibility index (Phi) is 2.71. The van der Waals surface area contributed by atoms with Crippen molar-refractivity contribution >= 4 is 21.7 Å². The largest absolute Gasteiger partial charge is 0.260 e. The van der Waals surface area contributed by atoms with Gasteiger partial charge >= 0.3 is 0 Å². The maximum atomic E-state index is 4.87. The van der Waals surface area contributed by atoms with Crippen LogP contribution in [0.1, 0.15) is 29.6 Å². The molecule has 2 nitrogen and oxygen atoms in total. The minimum atomic E-state index is 0.495.